The Balaban J connectivity index is 2.87. The average molecular weight is 249 g/mol. The lowest BCUT2D eigenvalue weighted by Gasteiger charge is -2.23. The molecule has 0 spiro atoms. The van der Waals surface area contributed by atoms with Gasteiger partial charge in [0, 0.05) is 13.5 Å². The Morgan fingerprint density at radius 2 is 1.94 bits per heavy atom. The van der Waals surface area contributed by atoms with Crippen molar-refractivity contribution < 1.29 is 19.8 Å². The lowest BCUT2D eigenvalue weighted by molar-refractivity contribution is -0.147. The summed E-state index contributed by atoms with van der Waals surface area (Å²) in [4.78, 5) is 23.7. The number of amides is 1. The maximum atomic E-state index is 11.4. The molecular weight excluding hydrogens is 234 g/mol. The summed E-state index contributed by atoms with van der Waals surface area (Å²) in [5, 5.41) is 18.3. The van der Waals surface area contributed by atoms with Crippen LogP contribution < -0.4 is 0 Å². The Kier molecular flexibility index (Phi) is 4.48. The molecule has 1 aromatic rings. The Morgan fingerprint density at radius 3 is 2.39 bits per heavy atom. The molecule has 1 atom stereocenters. The van der Waals surface area contributed by atoms with Crippen LogP contribution >= 0.6 is 0 Å². The zero-order valence-corrected chi connectivity index (χ0v) is 10.0. The molecule has 2 N–H and O–H groups in total. The molecule has 96 valence electrons. The smallest absolute Gasteiger partial charge is 0.326 e. The molecule has 5 heteroatoms. The molecule has 18 heavy (non-hydrogen) atoms. The number of nitrogens with zero attached hydrogens (tertiary/aromatic N) is 1. The van der Waals surface area contributed by atoms with Gasteiger partial charge >= 0.3 is 5.97 Å². The first kappa shape index (κ1) is 13.8. The van der Waals surface area contributed by atoms with Crippen LogP contribution in [-0.2, 0) is 16.0 Å². The Morgan fingerprint density at radius 1 is 1.39 bits per heavy atom. The molecule has 0 aliphatic rings. The summed E-state index contributed by atoms with van der Waals surface area (Å²) in [5.74, 6) is -1.41. The highest BCUT2D eigenvalue weighted by atomic mass is 16.4. The van der Waals surface area contributed by atoms with Gasteiger partial charge in [-0.3, -0.25) is 4.79 Å². The van der Waals surface area contributed by atoms with Crippen LogP contribution in [-0.4, -0.2) is 40.1 Å². The molecule has 0 fully saturated rings. The maximum absolute atomic E-state index is 11.4. The van der Waals surface area contributed by atoms with Crippen molar-refractivity contribution in [1.29, 1.82) is 0 Å². The van der Waals surface area contributed by atoms with Crippen LogP contribution in [0.3, 0.4) is 0 Å². The number of carboxylic acid groups (broad SMARTS) is 1. The number of carbonyl (C=O) groups excluding carboxylic acids is 1. The number of likely N-dealkylation sites (N-methyl/N-ethyl adjacent to an activating group) is 1. The second kappa shape index (κ2) is 5.86. The number of phenolic OH excluding ortho intramolecular Hbond substituents is 1. The molecule has 0 aromatic heterocycles. The molecule has 1 rings (SSSR count). The van der Waals surface area contributed by atoms with Gasteiger partial charge in [0.05, 0.1) is 0 Å². The van der Waals surface area contributed by atoms with Gasteiger partial charge in [0.15, 0.2) is 0 Å². The van der Waals surface area contributed by atoms with Crippen molar-refractivity contribution in [2.75, 3.05) is 7.05 Å². The minimum Gasteiger partial charge on any atom is -0.508 e. The SMILES string of the molecule is C=CC(=O)N(C)C(Cc1ccc(O)cc1)C(=O)O. The molecule has 1 amide bonds. The highest BCUT2D eigenvalue weighted by Crippen LogP contribution is 2.13. The summed E-state index contributed by atoms with van der Waals surface area (Å²) in [6, 6.07) is 5.24. The van der Waals surface area contributed by atoms with Crippen molar-refractivity contribution in [2.24, 2.45) is 0 Å². The number of carboxylic acids is 1. The Hall–Kier alpha value is -2.30. The normalized spacial score (nSPS) is 11.6. The summed E-state index contributed by atoms with van der Waals surface area (Å²) in [6.07, 6.45) is 1.25. The van der Waals surface area contributed by atoms with Gasteiger partial charge in [-0.2, -0.15) is 0 Å². The number of phenols is 1. The lowest BCUT2D eigenvalue weighted by atomic mass is 10.0. The molecule has 0 heterocycles. The van der Waals surface area contributed by atoms with Gasteiger partial charge < -0.3 is 15.1 Å². The van der Waals surface area contributed by atoms with E-state index in [1.54, 1.807) is 12.1 Å². The standard InChI is InChI=1S/C13H15NO4/c1-3-12(16)14(2)11(13(17)18)8-9-4-6-10(15)7-5-9/h3-7,11,15H,1,8H2,2H3,(H,17,18). The number of aromatic hydroxyl groups is 1. The van der Waals surface area contributed by atoms with Crippen molar-refractivity contribution in [1.82, 2.24) is 4.90 Å². The lowest BCUT2D eigenvalue weighted by Crippen LogP contribution is -2.43. The summed E-state index contributed by atoms with van der Waals surface area (Å²) >= 11 is 0. The van der Waals surface area contributed by atoms with E-state index in [0.29, 0.717) is 0 Å². The van der Waals surface area contributed by atoms with Gasteiger partial charge in [0.25, 0.3) is 0 Å². The number of hydrogen-bond acceptors (Lipinski definition) is 3. The van der Waals surface area contributed by atoms with Crippen LogP contribution in [0.25, 0.3) is 0 Å². The summed E-state index contributed by atoms with van der Waals surface area (Å²) in [6.45, 7) is 3.32. The molecule has 0 saturated carbocycles. The number of rotatable bonds is 5. The topological polar surface area (TPSA) is 77.8 Å². The molecule has 1 aromatic carbocycles. The number of benzene rings is 1. The van der Waals surface area contributed by atoms with Gasteiger partial charge in [0.2, 0.25) is 5.91 Å². The third-order valence-electron chi connectivity index (χ3n) is 2.64. The zero-order chi connectivity index (χ0) is 13.7. The van der Waals surface area contributed by atoms with Crippen molar-refractivity contribution in [3.63, 3.8) is 0 Å². The molecule has 1 unspecified atom stereocenters. The van der Waals surface area contributed by atoms with E-state index in [-0.39, 0.29) is 12.2 Å². The first-order valence-corrected chi connectivity index (χ1v) is 5.35. The largest absolute Gasteiger partial charge is 0.508 e. The first-order valence-electron chi connectivity index (χ1n) is 5.35. The summed E-state index contributed by atoms with van der Waals surface area (Å²) < 4.78 is 0. The fourth-order valence-electron chi connectivity index (χ4n) is 1.54. The number of carbonyl (C=O) groups is 2. The Labute approximate surface area is 105 Å². The van der Waals surface area contributed by atoms with Crippen molar-refractivity contribution in [3.8, 4) is 5.75 Å². The molecule has 0 aliphatic heterocycles. The van der Waals surface area contributed by atoms with E-state index in [1.165, 1.54) is 19.2 Å². The third-order valence-corrected chi connectivity index (χ3v) is 2.64. The second-order valence-corrected chi connectivity index (χ2v) is 3.88. The minimum absolute atomic E-state index is 0.112. The van der Waals surface area contributed by atoms with Crippen LogP contribution in [0, 0.1) is 0 Å². The quantitative estimate of drug-likeness (QED) is 0.764. The second-order valence-electron chi connectivity index (χ2n) is 3.88. The highest BCUT2D eigenvalue weighted by Gasteiger charge is 2.25. The monoisotopic (exact) mass is 249 g/mol. The van der Waals surface area contributed by atoms with Gasteiger partial charge in [0.1, 0.15) is 11.8 Å². The van der Waals surface area contributed by atoms with Crippen LogP contribution in [0.2, 0.25) is 0 Å². The Bertz CT molecular complexity index is 453. The summed E-state index contributed by atoms with van der Waals surface area (Å²) in [7, 11) is 1.42. The van der Waals surface area contributed by atoms with E-state index in [1.807, 2.05) is 0 Å². The van der Waals surface area contributed by atoms with E-state index in [4.69, 9.17) is 10.2 Å². The number of hydrogen-bond donors (Lipinski definition) is 2. The fourth-order valence-corrected chi connectivity index (χ4v) is 1.54. The van der Waals surface area contributed by atoms with Gasteiger partial charge in [-0.1, -0.05) is 18.7 Å². The van der Waals surface area contributed by atoms with E-state index in [9.17, 15) is 9.59 Å². The zero-order valence-electron chi connectivity index (χ0n) is 10.0. The average Bonchev–Trinajstić information content (AvgIpc) is 2.36. The first-order chi connectivity index (χ1) is 8.45. The predicted molar refractivity (Wildman–Crippen MR) is 66.2 cm³/mol. The molecule has 0 radical (unpaired) electrons. The molecule has 0 saturated heterocycles. The van der Waals surface area contributed by atoms with E-state index >= 15 is 0 Å². The van der Waals surface area contributed by atoms with E-state index in [2.05, 4.69) is 6.58 Å². The van der Waals surface area contributed by atoms with Crippen LogP contribution in [0.1, 0.15) is 5.56 Å². The van der Waals surface area contributed by atoms with Crippen molar-refractivity contribution >= 4 is 11.9 Å². The molecule has 0 aliphatic carbocycles. The van der Waals surface area contributed by atoms with Crippen LogP contribution in [0.5, 0.6) is 5.75 Å². The van der Waals surface area contributed by atoms with Crippen LogP contribution in [0.15, 0.2) is 36.9 Å². The van der Waals surface area contributed by atoms with E-state index < -0.39 is 17.9 Å². The van der Waals surface area contributed by atoms with Gasteiger partial charge in [-0.25, -0.2) is 4.79 Å². The molecule has 0 bridgehead atoms. The minimum atomic E-state index is -1.08. The van der Waals surface area contributed by atoms with Crippen molar-refractivity contribution in [3.05, 3.63) is 42.5 Å². The number of aliphatic carboxylic acids is 1. The summed E-state index contributed by atoms with van der Waals surface area (Å²) in [5.41, 5.74) is 0.726. The molecular formula is C13H15NO4. The maximum Gasteiger partial charge on any atom is 0.326 e. The predicted octanol–water partition coefficient (Wildman–Crippen LogP) is 1.03. The highest BCUT2D eigenvalue weighted by molar-refractivity contribution is 5.90. The van der Waals surface area contributed by atoms with Crippen LogP contribution in [0.4, 0.5) is 0 Å². The fraction of sp³-hybridized carbons (Fsp3) is 0.231. The van der Waals surface area contributed by atoms with Gasteiger partial charge in [-0.15, -0.1) is 0 Å². The van der Waals surface area contributed by atoms with E-state index in [0.717, 1.165) is 16.5 Å². The van der Waals surface area contributed by atoms with Crippen molar-refractivity contribution in [2.45, 2.75) is 12.5 Å². The third kappa shape index (κ3) is 3.35. The molecule has 5 nitrogen and oxygen atoms in total. The van der Waals surface area contributed by atoms with Gasteiger partial charge in [-0.05, 0) is 23.8 Å².